The predicted octanol–water partition coefficient (Wildman–Crippen LogP) is 1.65. The van der Waals surface area contributed by atoms with Crippen LogP contribution in [0.5, 0.6) is 5.75 Å². The van der Waals surface area contributed by atoms with Crippen LogP contribution in [-0.4, -0.2) is 26.7 Å². The second-order valence-electron chi connectivity index (χ2n) is 5.24. The standard InChI is InChI=1S/C14H21NO4S/c1-10(12-4-3-5-12)15-20(17,18)14-7-6-11(9-16)8-13(14)19-2/h6-8,10,12,15-16H,3-5,9H2,1-2H3. The van der Waals surface area contributed by atoms with E-state index in [1.807, 2.05) is 6.92 Å². The topological polar surface area (TPSA) is 75.6 Å². The number of sulfonamides is 1. The predicted molar refractivity (Wildman–Crippen MR) is 76.0 cm³/mol. The van der Waals surface area contributed by atoms with Crippen LogP contribution >= 0.6 is 0 Å². The van der Waals surface area contributed by atoms with Crippen LogP contribution < -0.4 is 9.46 Å². The van der Waals surface area contributed by atoms with Crippen LogP contribution in [0.15, 0.2) is 23.1 Å². The molecule has 1 atom stereocenters. The Morgan fingerprint density at radius 2 is 2.15 bits per heavy atom. The third-order valence-electron chi connectivity index (χ3n) is 3.90. The van der Waals surface area contributed by atoms with Gasteiger partial charge in [0.15, 0.2) is 0 Å². The summed E-state index contributed by atoms with van der Waals surface area (Å²) < 4.78 is 32.7. The smallest absolute Gasteiger partial charge is 0.244 e. The van der Waals surface area contributed by atoms with E-state index in [-0.39, 0.29) is 23.3 Å². The summed E-state index contributed by atoms with van der Waals surface area (Å²) in [6.45, 7) is 1.75. The average molecular weight is 299 g/mol. The molecule has 2 rings (SSSR count). The first-order valence-electron chi connectivity index (χ1n) is 6.78. The third kappa shape index (κ3) is 3.13. The van der Waals surface area contributed by atoms with Gasteiger partial charge in [0, 0.05) is 6.04 Å². The van der Waals surface area contributed by atoms with Gasteiger partial charge in [-0.05, 0) is 43.4 Å². The van der Waals surface area contributed by atoms with Gasteiger partial charge < -0.3 is 9.84 Å². The maximum atomic E-state index is 12.4. The first kappa shape index (κ1) is 15.3. The van der Waals surface area contributed by atoms with Gasteiger partial charge in [0.1, 0.15) is 10.6 Å². The summed E-state index contributed by atoms with van der Waals surface area (Å²) in [5.41, 5.74) is 0.618. The second kappa shape index (κ2) is 6.11. The Bertz CT molecular complexity index is 567. The van der Waals surface area contributed by atoms with E-state index < -0.39 is 10.0 Å². The first-order valence-corrected chi connectivity index (χ1v) is 8.26. The molecular weight excluding hydrogens is 278 g/mol. The molecule has 6 heteroatoms. The molecule has 20 heavy (non-hydrogen) atoms. The normalized spacial score (nSPS) is 17.6. The highest BCUT2D eigenvalue weighted by atomic mass is 32.2. The number of benzene rings is 1. The third-order valence-corrected chi connectivity index (χ3v) is 5.50. The highest BCUT2D eigenvalue weighted by Crippen LogP contribution is 2.31. The van der Waals surface area contributed by atoms with Crippen LogP contribution in [-0.2, 0) is 16.6 Å². The molecule has 0 radical (unpaired) electrons. The van der Waals surface area contributed by atoms with Crippen LogP contribution in [0.25, 0.3) is 0 Å². The lowest BCUT2D eigenvalue weighted by molar-refractivity contribution is 0.260. The van der Waals surface area contributed by atoms with Crippen LogP contribution in [0.3, 0.4) is 0 Å². The van der Waals surface area contributed by atoms with Gasteiger partial charge in [-0.1, -0.05) is 12.5 Å². The molecule has 0 heterocycles. The molecule has 1 aromatic carbocycles. The molecule has 1 fully saturated rings. The summed E-state index contributed by atoms with van der Waals surface area (Å²) in [5.74, 6) is 0.678. The molecular formula is C14H21NO4S. The molecule has 1 saturated carbocycles. The molecule has 0 saturated heterocycles. The van der Waals surface area contributed by atoms with Gasteiger partial charge in [-0.2, -0.15) is 0 Å². The molecule has 1 aliphatic carbocycles. The zero-order valence-corrected chi connectivity index (χ0v) is 12.6. The lowest BCUT2D eigenvalue weighted by atomic mass is 9.81. The van der Waals surface area contributed by atoms with Crippen molar-refractivity contribution in [2.45, 2.75) is 43.7 Å². The molecule has 2 N–H and O–H groups in total. The van der Waals surface area contributed by atoms with Crippen molar-refractivity contribution in [1.82, 2.24) is 4.72 Å². The highest BCUT2D eigenvalue weighted by Gasteiger charge is 2.29. The van der Waals surface area contributed by atoms with Crippen molar-refractivity contribution in [3.8, 4) is 5.75 Å². The number of hydrogen-bond donors (Lipinski definition) is 2. The summed E-state index contributed by atoms with van der Waals surface area (Å²) in [6, 6.07) is 4.53. The number of aliphatic hydroxyl groups is 1. The van der Waals surface area contributed by atoms with Gasteiger partial charge in [0.2, 0.25) is 10.0 Å². The molecule has 0 bridgehead atoms. The van der Waals surface area contributed by atoms with E-state index in [0.29, 0.717) is 11.5 Å². The summed E-state index contributed by atoms with van der Waals surface area (Å²) in [7, 11) is -2.18. The number of ether oxygens (including phenoxy) is 1. The van der Waals surface area contributed by atoms with Crippen molar-refractivity contribution in [3.63, 3.8) is 0 Å². The second-order valence-corrected chi connectivity index (χ2v) is 6.93. The zero-order valence-electron chi connectivity index (χ0n) is 11.8. The average Bonchev–Trinajstić information content (AvgIpc) is 2.35. The molecule has 0 aliphatic heterocycles. The summed E-state index contributed by atoms with van der Waals surface area (Å²) in [4.78, 5) is 0.114. The SMILES string of the molecule is COc1cc(CO)ccc1S(=O)(=O)NC(C)C1CCC1. The van der Waals surface area contributed by atoms with Crippen molar-refractivity contribution in [2.75, 3.05) is 7.11 Å². The molecule has 0 amide bonds. The first-order chi connectivity index (χ1) is 9.47. The molecule has 1 aromatic rings. The maximum Gasteiger partial charge on any atom is 0.244 e. The van der Waals surface area contributed by atoms with Crippen molar-refractivity contribution in [2.24, 2.45) is 5.92 Å². The molecule has 0 aromatic heterocycles. The van der Waals surface area contributed by atoms with Gasteiger partial charge in [-0.25, -0.2) is 13.1 Å². The largest absolute Gasteiger partial charge is 0.495 e. The summed E-state index contributed by atoms with van der Waals surface area (Å²) >= 11 is 0. The van der Waals surface area contributed by atoms with E-state index >= 15 is 0 Å². The van der Waals surface area contributed by atoms with Crippen molar-refractivity contribution in [3.05, 3.63) is 23.8 Å². The molecule has 0 spiro atoms. The zero-order chi connectivity index (χ0) is 14.8. The Morgan fingerprint density at radius 3 is 2.65 bits per heavy atom. The van der Waals surface area contributed by atoms with E-state index in [0.717, 1.165) is 12.8 Å². The summed E-state index contributed by atoms with van der Waals surface area (Å²) in [6.07, 6.45) is 3.32. The highest BCUT2D eigenvalue weighted by molar-refractivity contribution is 7.89. The lowest BCUT2D eigenvalue weighted by Gasteiger charge is -2.31. The van der Waals surface area contributed by atoms with Crippen LogP contribution in [0.4, 0.5) is 0 Å². The van der Waals surface area contributed by atoms with Crippen LogP contribution in [0, 0.1) is 5.92 Å². The number of hydrogen-bond acceptors (Lipinski definition) is 4. The Labute approximate surface area is 120 Å². The van der Waals surface area contributed by atoms with Gasteiger partial charge in [0.05, 0.1) is 13.7 Å². The minimum atomic E-state index is -3.61. The molecule has 1 unspecified atom stereocenters. The molecule has 112 valence electrons. The fourth-order valence-electron chi connectivity index (χ4n) is 2.38. The quantitative estimate of drug-likeness (QED) is 0.837. The van der Waals surface area contributed by atoms with E-state index in [1.165, 1.54) is 19.6 Å². The van der Waals surface area contributed by atoms with Crippen LogP contribution in [0.2, 0.25) is 0 Å². The van der Waals surface area contributed by atoms with E-state index in [4.69, 9.17) is 9.84 Å². The summed E-state index contributed by atoms with van der Waals surface area (Å²) in [5, 5.41) is 9.09. The van der Waals surface area contributed by atoms with Crippen molar-refractivity contribution >= 4 is 10.0 Å². The van der Waals surface area contributed by atoms with Gasteiger partial charge in [-0.15, -0.1) is 0 Å². The van der Waals surface area contributed by atoms with E-state index in [1.54, 1.807) is 12.1 Å². The Kier molecular flexibility index (Phi) is 4.67. The number of aliphatic hydroxyl groups excluding tert-OH is 1. The lowest BCUT2D eigenvalue weighted by Crippen LogP contribution is -2.40. The molecule has 1 aliphatic rings. The monoisotopic (exact) mass is 299 g/mol. The van der Waals surface area contributed by atoms with Gasteiger partial charge >= 0.3 is 0 Å². The van der Waals surface area contributed by atoms with E-state index in [9.17, 15) is 8.42 Å². The molecule has 5 nitrogen and oxygen atoms in total. The number of rotatable bonds is 6. The van der Waals surface area contributed by atoms with Crippen molar-refractivity contribution < 1.29 is 18.3 Å². The van der Waals surface area contributed by atoms with Gasteiger partial charge in [0.25, 0.3) is 0 Å². The minimum absolute atomic E-state index is 0.0732. The Hall–Kier alpha value is -1.11. The minimum Gasteiger partial charge on any atom is -0.495 e. The van der Waals surface area contributed by atoms with E-state index in [2.05, 4.69) is 4.72 Å². The van der Waals surface area contributed by atoms with Crippen LogP contribution in [0.1, 0.15) is 31.7 Å². The fourth-order valence-corrected chi connectivity index (χ4v) is 3.84. The number of nitrogens with one attached hydrogen (secondary N) is 1. The Morgan fingerprint density at radius 1 is 1.45 bits per heavy atom. The fraction of sp³-hybridized carbons (Fsp3) is 0.571. The van der Waals surface area contributed by atoms with Gasteiger partial charge in [-0.3, -0.25) is 0 Å². The number of methoxy groups -OCH3 is 1. The Balaban J connectivity index is 2.23. The maximum absolute atomic E-state index is 12.4. The van der Waals surface area contributed by atoms with Crippen molar-refractivity contribution in [1.29, 1.82) is 0 Å².